The molecule has 0 saturated carbocycles. The van der Waals surface area contributed by atoms with Gasteiger partial charge in [-0.1, -0.05) is 6.07 Å². The highest BCUT2D eigenvalue weighted by Crippen LogP contribution is 2.10. The van der Waals surface area contributed by atoms with E-state index in [1.54, 1.807) is 32.9 Å². The second-order valence-electron chi connectivity index (χ2n) is 4.53. The molecule has 0 aromatic carbocycles. The Morgan fingerprint density at radius 3 is 2.50 bits per heavy atom. The van der Waals surface area contributed by atoms with Gasteiger partial charge in [-0.15, -0.1) is 0 Å². The van der Waals surface area contributed by atoms with Crippen LogP contribution in [-0.2, 0) is 9.47 Å². The number of pyridine rings is 1. The highest BCUT2D eigenvalue weighted by Gasteiger charge is 2.17. The molecule has 1 aromatic rings. The lowest BCUT2D eigenvalue weighted by molar-refractivity contribution is 0.0589. The van der Waals surface area contributed by atoms with Gasteiger partial charge in [-0.2, -0.15) is 0 Å². The highest BCUT2D eigenvalue weighted by molar-refractivity contribution is 5.89. The van der Waals surface area contributed by atoms with E-state index in [4.69, 9.17) is 4.74 Å². The predicted molar refractivity (Wildman–Crippen MR) is 65.4 cm³/mol. The van der Waals surface area contributed by atoms with E-state index in [-0.39, 0.29) is 11.5 Å². The maximum Gasteiger partial charge on any atom is 0.413 e. The Labute approximate surface area is 105 Å². The van der Waals surface area contributed by atoms with Crippen molar-refractivity contribution < 1.29 is 19.1 Å². The summed E-state index contributed by atoms with van der Waals surface area (Å²) in [6, 6.07) is 4.63. The van der Waals surface area contributed by atoms with Crippen LogP contribution in [-0.4, -0.2) is 29.8 Å². The zero-order chi connectivity index (χ0) is 13.8. The molecule has 0 fully saturated rings. The third-order valence-corrected chi connectivity index (χ3v) is 1.77. The van der Waals surface area contributed by atoms with E-state index in [1.165, 1.54) is 13.2 Å². The minimum absolute atomic E-state index is 0.117. The van der Waals surface area contributed by atoms with E-state index < -0.39 is 17.7 Å². The van der Waals surface area contributed by atoms with Gasteiger partial charge in [0.15, 0.2) is 5.69 Å². The van der Waals surface area contributed by atoms with E-state index in [0.717, 1.165) is 0 Å². The Bertz CT molecular complexity index is 452. The van der Waals surface area contributed by atoms with Gasteiger partial charge in [0.25, 0.3) is 0 Å². The van der Waals surface area contributed by atoms with Crippen LogP contribution in [0.4, 0.5) is 10.6 Å². The minimum Gasteiger partial charge on any atom is -0.464 e. The maximum absolute atomic E-state index is 11.5. The fourth-order valence-corrected chi connectivity index (χ4v) is 1.13. The Morgan fingerprint density at radius 1 is 1.28 bits per heavy atom. The van der Waals surface area contributed by atoms with Crippen molar-refractivity contribution in [2.45, 2.75) is 26.4 Å². The summed E-state index contributed by atoms with van der Waals surface area (Å²) in [4.78, 5) is 26.7. The molecule has 1 heterocycles. The molecule has 1 aromatic heterocycles. The maximum atomic E-state index is 11.5. The van der Waals surface area contributed by atoms with Crippen LogP contribution in [0.5, 0.6) is 0 Å². The van der Waals surface area contributed by atoms with Crippen molar-refractivity contribution in [1.82, 2.24) is 4.98 Å². The third-order valence-electron chi connectivity index (χ3n) is 1.77. The van der Waals surface area contributed by atoms with Crippen LogP contribution in [0, 0.1) is 0 Å². The smallest absolute Gasteiger partial charge is 0.413 e. The molecular formula is C12H16N2O4. The van der Waals surface area contributed by atoms with Gasteiger partial charge in [0.05, 0.1) is 7.11 Å². The van der Waals surface area contributed by atoms with Crippen molar-refractivity contribution in [2.24, 2.45) is 0 Å². The minimum atomic E-state index is -0.628. The summed E-state index contributed by atoms with van der Waals surface area (Å²) in [6.07, 6.45) is -0.628. The number of nitrogens with one attached hydrogen (secondary N) is 1. The van der Waals surface area contributed by atoms with Crippen LogP contribution < -0.4 is 5.32 Å². The van der Waals surface area contributed by atoms with Gasteiger partial charge >= 0.3 is 12.1 Å². The Balaban J connectivity index is 2.74. The number of hydrogen-bond donors (Lipinski definition) is 1. The van der Waals surface area contributed by atoms with Crippen molar-refractivity contribution in [1.29, 1.82) is 0 Å². The highest BCUT2D eigenvalue weighted by atomic mass is 16.6. The number of hydrogen-bond acceptors (Lipinski definition) is 5. The molecule has 0 saturated heterocycles. The third kappa shape index (κ3) is 4.40. The van der Waals surface area contributed by atoms with Crippen LogP contribution >= 0.6 is 0 Å². The molecule has 0 aliphatic rings. The summed E-state index contributed by atoms with van der Waals surface area (Å²) in [5.74, 6) is -0.338. The van der Waals surface area contributed by atoms with Gasteiger partial charge in [-0.05, 0) is 32.9 Å². The van der Waals surface area contributed by atoms with Crippen LogP contribution in [0.2, 0.25) is 0 Å². The first-order chi connectivity index (χ1) is 8.31. The number of ether oxygens (including phenoxy) is 2. The van der Waals surface area contributed by atoms with Gasteiger partial charge in [0.1, 0.15) is 11.4 Å². The lowest BCUT2D eigenvalue weighted by Gasteiger charge is -2.19. The fourth-order valence-electron chi connectivity index (χ4n) is 1.13. The Morgan fingerprint density at radius 2 is 1.94 bits per heavy atom. The molecule has 18 heavy (non-hydrogen) atoms. The number of aromatic nitrogens is 1. The molecule has 1 amide bonds. The SMILES string of the molecule is COC(=O)c1cccc(NC(=O)OC(C)(C)C)n1. The summed E-state index contributed by atoms with van der Waals surface area (Å²) >= 11 is 0. The molecule has 0 unspecified atom stereocenters. The molecule has 1 rings (SSSR count). The van der Waals surface area contributed by atoms with Crippen LogP contribution in [0.1, 0.15) is 31.3 Å². The van der Waals surface area contributed by atoms with Gasteiger partial charge in [-0.3, -0.25) is 5.32 Å². The topological polar surface area (TPSA) is 77.5 Å². The number of amides is 1. The van der Waals surface area contributed by atoms with E-state index in [2.05, 4.69) is 15.0 Å². The second kappa shape index (κ2) is 5.48. The van der Waals surface area contributed by atoms with Crippen molar-refractivity contribution in [3.05, 3.63) is 23.9 Å². The summed E-state index contributed by atoms with van der Waals surface area (Å²) < 4.78 is 9.59. The molecule has 0 spiro atoms. The molecule has 6 nitrogen and oxygen atoms in total. The fraction of sp³-hybridized carbons (Fsp3) is 0.417. The number of carbonyl (C=O) groups is 2. The first-order valence-electron chi connectivity index (χ1n) is 5.37. The quantitative estimate of drug-likeness (QED) is 0.816. The molecule has 0 radical (unpaired) electrons. The molecule has 1 N–H and O–H groups in total. The largest absolute Gasteiger partial charge is 0.464 e. The summed E-state index contributed by atoms with van der Waals surface area (Å²) in [5.41, 5.74) is -0.476. The van der Waals surface area contributed by atoms with Gasteiger partial charge in [0, 0.05) is 0 Å². The van der Waals surface area contributed by atoms with Crippen LogP contribution in [0.15, 0.2) is 18.2 Å². The Hall–Kier alpha value is -2.11. The number of rotatable bonds is 2. The van der Waals surface area contributed by atoms with Crippen molar-refractivity contribution >= 4 is 17.9 Å². The number of esters is 1. The number of carbonyl (C=O) groups excluding carboxylic acids is 2. The average Bonchev–Trinajstić information content (AvgIpc) is 2.25. The van der Waals surface area contributed by atoms with E-state index in [0.29, 0.717) is 0 Å². The molecule has 0 bridgehead atoms. The Kier molecular flexibility index (Phi) is 4.25. The molecule has 0 aliphatic carbocycles. The van der Waals surface area contributed by atoms with Crippen molar-refractivity contribution in [2.75, 3.05) is 12.4 Å². The molecule has 98 valence electrons. The zero-order valence-corrected chi connectivity index (χ0v) is 10.8. The van der Waals surface area contributed by atoms with E-state index >= 15 is 0 Å². The number of methoxy groups -OCH3 is 1. The first-order valence-corrected chi connectivity index (χ1v) is 5.37. The normalized spacial score (nSPS) is 10.7. The van der Waals surface area contributed by atoms with Crippen molar-refractivity contribution in [3.63, 3.8) is 0 Å². The van der Waals surface area contributed by atoms with E-state index in [9.17, 15) is 9.59 Å². The van der Waals surface area contributed by atoms with Gasteiger partial charge < -0.3 is 9.47 Å². The first kappa shape index (κ1) is 14.0. The lowest BCUT2D eigenvalue weighted by Crippen LogP contribution is -2.27. The number of nitrogens with zero attached hydrogens (tertiary/aromatic N) is 1. The average molecular weight is 252 g/mol. The summed E-state index contributed by atoms with van der Waals surface area (Å²) in [6.45, 7) is 5.26. The van der Waals surface area contributed by atoms with Crippen molar-refractivity contribution in [3.8, 4) is 0 Å². The van der Waals surface area contributed by atoms with Crippen LogP contribution in [0.3, 0.4) is 0 Å². The monoisotopic (exact) mass is 252 g/mol. The van der Waals surface area contributed by atoms with Gasteiger partial charge in [-0.25, -0.2) is 14.6 Å². The van der Waals surface area contributed by atoms with Crippen LogP contribution in [0.25, 0.3) is 0 Å². The van der Waals surface area contributed by atoms with Gasteiger partial charge in [0.2, 0.25) is 0 Å². The molecular weight excluding hydrogens is 236 g/mol. The standard InChI is InChI=1S/C12H16N2O4/c1-12(2,3)18-11(16)14-9-7-5-6-8(13-9)10(15)17-4/h5-7H,1-4H3,(H,13,14,16). The number of anilines is 1. The zero-order valence-electron chi connectivity index (χ0n) is 10.8. The van der Waals surface area contributed by atoms with E-state index in [1.807, 2.05) is 0 Å². The summed E-state index contributed by atoms with van der Waals surface area (Å²) in [5, 5.41) is 2.44. The molecule has 0 aliphatic heterocycles. The molecule has 6 heteroatoms. The predicted octanol–water partition coefficient (Wildman–Crippen LogP) is 2.22. The second-order valence-corrected chi connectivity index (χ2v) is 4.53. The summed E-state index contributed by atoms with van der Waals surface area (Å²) in [7, 11) is 1.26. The lowest BCUT2D eigenvalue weighted by atomic mass is 10.2. The molecule has 0 atom stereocenters.